The van der Waals surface area contributed by atoms with Crippen molar-refractivity contribution in [1.82, 2.24) is 24.9 Å². The molecule has 1 unspecified atom stereocenters. The molecule has 210 valence electrons. The third-order valence-electron chi connectivity index (χ3n) is 8.10. The molecule has 9 heteroatoms. The first-order valence-electron chi connectivity index (χ1n) is 14.0. The summed E-state index contributed by atoms with van der Waals surface area (Å²) in [6.07, 6.45) is 9.36. The second kappa shape index (κ2) is 11.8. The normalized spacial score (nSPS) is 17.7. The summed E-state index contributed by atoms with van der Waals surface area (Å²) in [6, 6.07) is 19.6. The molecule has 2 aromatic heterocycles. The number of aliphatic imine (C=N–C) groups is 1. The molecule has 2 aromatic carbocycles. The second-order valence-corrected chi connectivity index (χ2v) is 10.9. The fourth-order valence-corrected chi connectivity index (χ4v) is 6.23. The minimum Gasteiger partial charge on any atom is -0.495 e. The van der Waals surface area contributed by atoms with Crippen molar-refractivity contribution < 1.29 is 9.53 Å². The van der Waals surface area contributed by atoms with E-state index in [-0.39, 0.29) is 18.1 Å². The third kappa shape index (κ3) is 5.37. The number of hydrogen-bond acceptors (Lipinski definition) is 7. The van der Waals surface area contributed by atoms with Crippen molar-refractivity contribution >= 4 is 34.2 Å². The van der Waals surface area contributed by atoms with E-state index in [9.17, 15) is 4.79 Å². The lowest BCUT2D eigenvalue weighted by Gasteiger charge is -2.35. The zero-order valence-electron chi connectivity index (χ0n) is 23.3. The van der Waals surface area contributed by atoms with Crippen molar-refractivity contribution in [2.45, 2.75) is 37.9 Å². The number of rotatable bonds is 8. The van der Waals surface area contributed by atoms with Gasteiger partial charge in [-0.3, -0.25) is 19.8 Å². The second-order valence-electron chi connectivity index (χ2n) is 10.5. The van der Waals surface area contributed by atoms with Crippen LogP contribution in [0.3, 0.4) is 0 Å². The van der Waals surface area contributed by atoms with Crippen molar-refractivity contribution in [2.24, 2.45) is 4.99 Å². The van der Waals surface area contributed by atoms with Gasteiger partial charge in [0.05, 0.1) is 29.8 Å². The topological polar surface area (TPSA) is 74.2 Å². The molecule has 1 aliphatic carbocycles. The van der Waals surface area contributed by atoms with E-state index in [0.29, 0.717) is 29.4 Å². The molecule has 0 saturated heterocycles. The van der Waals surface area contributed by atoms with Crippen LogP contribution in [-0.2, 0) is 0 Å². The molecular formula is C32H33ClN6O2. The van der Waals surface area contributed by atoms with E-state index in [0.717, 1.165) is 53.5 Å². The molecule has 3 heterocycles. The lowest BCUT2D eigenvalue weighted by atomic mass is 10.1. The van der Waals surface area contributed by atoms with Crippen LogP contribution in [-0.4, -0.2) is 69.9 Å². The van der Waals surface area contributed by atoms with Gasteiger partial charge >= 0.3 is 0 Å². The lowest BCUT2D eigenvalue weighted by molar-refractivity contribution is 0.0383. The maximum atomic E-state index is 14.2. The molecule has 1 atom stereocenters. The van der Waals surface area contributed by atoms with E-state index in [2.05, 4.69) is 24.9 Å². The van der Waals surface area contributed by atoms with E-state index in [4.69, 9.17) is 21.3 Å². The predicted molar refractivity (Wildman–Crippen MR) is 161 cm³/mol. The number of benzene rings is 2. The van der Waals surface area contributed by atoms with Gasteiger partial charge in [-0.05, 0) is 60.9 Å². The highest BCUT2D eigenvalue weighted by molar-refractivity contribution is 6.32. The molecule has 1 saturated carbocycles. The minimum absolute atomic E-state index is 0.0500. The van der Waals surface area contributed by atoms with Crippen LogP contribution < -0.4 is 4.74 Å². The molecule has 0 radical (unpaired) electrons. The Morgan fingerprint density at radius 3 is 2.59 bits per heavy atom. The first-order valence-corrected chi connectivity index (χ1v) is 14.4. The highest BCUT2D eigenvalue weighted by Gasteiger charge is 2.35. The van der Waals surface area contributed by atoms with Crippen LogP contribution in [0.2, 0.25) is 5.02 Å². The standard InChI is InChI=1S/C32H33ClN6O2/c1-37-30(22-13-16-34-17-14-22)36-31(23-11-12-29(41-2)27(33)21-23)39(37)20-19-38(24-7-3-4-8-24)32(40)26-15-18-35-28-10-6-5-9-25(26)28/h5-6,9-18,21,24,30H,3-4,7-8,19-20H2,1-2H3. The number of amides is 1. The summed E-state index contributed by atoms with van der Waals surface area (Å²) in [5.74, 6) is 1.46. The number of carbonyl (C=O) groups excluding carboxylic acids is 1. The molecule has 4 aromatic rings. The molecule has 0 spiro atoms. The van der Waals surface area contributed by atoms with Gasteiger partial charge < -0.3 is 9.64 Å². The molecule has 1 amide bonds. The largest absolute Gasteiger partial charge is 0.495 e. The van der Waals surface area contributed by atoms with E-state index < -0.39 is 0 Å². The van der Waals surface area contributed by atoms with Crippen LogP contribution in [0.5, 0.6) is 5.75 Å². The van der Waals surface area contributed by atoms with E-state index in [1.54, 1.807) is 25.7 Å². The van der Waals surface area contributed by atoms with Gasteiger partial charge in [0.25, 0.3) is 5.91 Å². The van der Waals surface area contributed by atoms with Gasteiger partial charge in [-0.2, -0.15) is 5.01 Å². The summed E-state index contributed by atoms with van der Waals surface area (Å²) in [5.41, 5.74) is 3.45. The van der Waals surface area contributed by atoms with Crippen LogP contribution in [0, 0.1) is 0 Å². The minimum atomic E-state index is -0.228. The summed E-state index contributed by atoms with van der Waals surface area (Å²) in [4.78, 5) is 30.0. The van der Waals surface area contributed by atoms with E-state index >= 15 is 0 Å². The molecule has 2 aliphatic rings. The van der Waals surface area contributed by atoms with E-state index in [1.165, 1.54) is 0 Å². The van der Waals surface area contributed by atoms with E-state index in [1.807, 2.05) is 67.7 Å². The number of hydrogen-bond donors (Lipinski definition) is 0. The number of carbonyl (C=O) groups is 1. The number of ether oxygens (including phenoxy) is 1. The summed E-state index contributed by atoms with van der Waals surface area (Å²) in [7, 11) is 3.64. The van der Waals surface area contributed by atoms with Crippen molar-refractivity contribution in [3.8, 4) is 5.75 Å². The van der Waals surface area contributed by atoms with Crippen molar-refractivity contribution in [1.29, 1.82) is 0 Å². The molecule has 1 aliphatic heterocycles. The Morgan fingerprint density at radius 1 is 1.05 bits per heavy atom. The van der Waals surface area contributed by atoms with Crippen LogP contribution in [0.25, 0.3) is 10.9 Å². The summed E-state index contributed by atoms with van der Waals surface area (Å²) >= 11 is 6.54. The van der Waals surface area contributed by atoms with Crippen LogP contribution in [0.15, 0.2) is 84.2 Å². The average molecular weight is 569 g/mol. The number of pyridine rings is 2. The first-order chi connectivity index (χ1) is 20.0. The monoisotopic (exact) mass is 568 g/mol. The van der Waals surface area contributed by atoms with Crippen molar-refractivity contribution in [2.75, 3.05) is 27.2 Å². The number of fused-ring (bicyclic) bond motifs is 1. The van der Waals surface area contributed by atoms with Crippen LogP contribution >= 0.6 is 11.6 Å². The predicted octanol–water partition coefficient (Wildman–Crippen LogP) is 5.98. The van der Waals surface area contributed by atoms with Gasteiger partial charge in [-0.25, -0.2) is 4.99 Å². The Labute approximate surface area is 245 Å². The molecular weight excluding hydrogens is 536 g/mol. The SMILES string of the molecule is COc1ccc(C2=NC(c3ccncc3)N(C)N2CCN(C(=O)c2ccnc3ccccc23)C2CCCC2)cc1Cl. The van der Waals surface area contributed by atoms with Gasteiger partial charge in [-0.15, -0.1) is 0 Å². The smallest absolute Gasteiger partial charge is 0.254 e. The molecule has 8 nitrogen and oxygen atoms in total. The molecule has 0 N–H and O–H groups in total. The number of nitrogens with zero attached hydrogens (tertiary/aromatic N) is 6. The first kappa shape index (κ1) is 27.2. The van der Waals surface area contributed by atoms with Gasteiger partial charge in [-0.1, -0.05) is 42.6 Å². The number of aromatic nitrogens is 2. The maximum absolute atomic E-state index is 14.2. The van der Waals surface area contributed by atoms with Crippen LogP contribution in [0.1, 0.15) is 53.3 Å². The Hall–Kier alpha value is -4.01. The van der Waals surface area contributed by atoms with Gasteiger partial charge in [0.15, 0.2) is 0 Å². The summed E-state index contributed by atoms with van der Waals surface area (Å²) < 4.78 is 5.38. The Morgan fingerprint density at radius 2 is 1.83 bits per heavy atom. The fraction of sp³-hybridized carbons (Fsp3) is 0.312. The molecule has 41 heavy (non-hydrogen) atoms. The fourth-order valence-electron chi connectivity index (χ4n) is 5.97. The summed E-state index contributed by atoms with van der Waals surface area (Å²) in [5, 5.41) is 5.69. The highest BCUT2D eigenvalue weighted by atomic mass is 35.5. The molecule has 1 fully saturated rings. The zero-order chi connectivity index (χ0) is 28.3. The number of para-hydroxylation sites is 1. The molecule has 6 rings (SSSR count). The Balaban J connectivity index is 1.33. The lowest BCUT2D eigenvalue weighted by Crippen LogP contribution is -2.48. The summed E-state index contributed by atoms with van der Waals surface area (Å²) in [6.45, 7) is 1.13. The third-order valence-corrected chi connectivity index (χ3v) is 8.39. The average Bonchev–Trinajstić information content (AvgIpc) is 3.66. The van der Waals surface area contributed by atoms with Crippen molar-refractivity contribution in [3.63, 3.8) is 0 Å². The highest BCUT2D eigenvalue weighted by Crippen LogP contribution is 2.34. The number of amidine groups is 1. The van der Waals surface area contributed by atoms with Gasteiger partial charge in [0, 0.05) is 49.2 Å². The number of methoxy groups -OCH3 is 1. The molecule has 0 bridgehead atoms. The van der Waals surface area contributed by atoms with Crippen LogP contribution in [0.4, 0.5) is 0 Å². The maximum Gasteiger partial charge on any atom is 0.254 e. The Kier molecular flexibility index (Phi) is 7.85. The number of hydrazine groups is 1. The number of halogens is 1. The quantitative estimate of drug-likeness (QED) is 0.260. The van der Waals surface area contributed by atoms with Crippen molar-refractivity contribution in [3.05, 3.63) is 101 Å². The van der Waals surface area contributed by atoms with Gasteiger partial charge in [0.1, 0.15) is 17.8 Å². The Bertz CT molecular complexity index is 1570. The zero-order valence-corrected chi connectivity index (χ0v) is 24.0. The van der Waals surface area contributed by atoms with Gasteiger partial charge in [0.2, 0.25) is 0 Å².